The van der Waals surface area contributed by atoms with E-state index in [1.54, 1.807) is 0 Å². The van der Waals surface area contributed by atoms with Gasteiger partial charge in [-0.3, -0.25) is 0 Å². The van der Waals surface area contributed by atoms with Crippen molar-refractivity contribution in [2.75, 3.05) is 36.0 Å². The zero-order valence-corrected chi connectivity index (χ0v) is 17.6. The zero-order chi connectivity index (χ0) is 19.6. The van der Waals surface area contributed by atoms with Crippen molar-refractivity contribution in [3.8, 4) is 0 Å². The van der Waals surface area contributed by atoms with Gasteiger partial charge in [-0.1, -0.05) is 49.6 Å². The molecule has 2 heterocycles. The van der Waals surface area contributed by atoms with Crippen molar-refractivity contribution in [3.05, 3.63) is 54.1 Å². The van der Waals surface area contributed by atoms with Crippen molar-refractivity contribution in [2.24, 2.45) is 5.92 Å². The van der Waals surface area contributed by atoms with Crippen LogP contribution in [0.5, 0.6) is 0 Å². The first-order valence-electron chi connectivity index (χ1n) is 11.3. The Morgan fingerprint density at radius 2 is 1.52 bits per heavy atom. The Kier molecular flexibility index (Phi) is 5.17. The van der Waals surface area contributed by atoms with Gasteiger partial charge in [0, 0.05) is 38.4 Å². The number of fused-ring (bicyclic) bond motifs is 1. The van der Waals surface area contributed by atoms with Crippen molar-refractivity contribution in [2.45, 2.75) is 45.6 Å². The second kappa shape index (κ2) is 8.10. The molecule has 1 saturated carbocycles. The van der Waals surface area contributed by atoms with Gasteiger partial charge in [0.05, 0.1) is 11.0 Å². The van der Waals surface area contributed by atoms with Gasteiger partial charge in [-0.2, -0.15) is 0 Å². The van der Waals surface area contributed by atoms with Gasteiger partial charge in [-0.15, -0.1) is 0 Å². The first-order chi connectivity index (χ1) is 14.3. The fraction of sp³-hybridized carbons (Fsp3) is 0.480. The molecule has 0 N–H and O–H groups in total. The number of rotatable bonds is 4. The van der Waals surface area contributed by atoms with Crippen LogP contribution in [-0.4, -0.2) is 35.7 Å². The summed E-state index contributed by atoms with van der Waals surface area (Å²) in [5, 5.41) is 0. The molecule has 5 rings (SSSR count). The Morgan fingerprint density at radius 1 is 0.828 bits per heavy atom. The summed E-state index contributed by atoms with van der Waals surface area (Å²) in [5.74, 6) is 1.98. The van der Waals surface area contributed by atoms with Gasteiger partial charge in [-0.05, 0) is 49.4 Å². The Morgan fingerprint density at radius 3 is 2.31 bits per heavy atom. The van der Waals surface area contributed by atoms with Crippen LogP contribution in [0.2, 0.25) is 0 Å². The van der Waals surface area contributed by atoms with E-state index < -0.39 is 0 Å². The number of benzene rings is 2. The average molecular weight is 389 g/mol. The topological polar surface area (TPSA) is 24.3 Å². The number of aryl methyl sites for hydroxylation is 1. The first-order valence-corrected chi connectivity index (χ1v) is 11.3. The molecule has 1 aliphatic carbocycles. The highest BCUT2D eigenvalue weighted by Gasteiger charge is 2.25. The van der Waals surface area contributed by atoms with E-state index in [1.807, 2.05) is 0 Å². The summed E-state index contributed by atoms with van der Waals surface area (Å²) in [5.41, 5.74) is 5.18. The number of para-hydroxylation sites is 3. The molecule has 1 aromatic heterocycles. The summed E-state index contributed by atoms with van der Waals surface area (Å²) in [6, 6.07) is 17.4. The fourth-order valence-corrected chi connectivity index (χ4v) is 5.18. The Hall–Kier alpha value is -2.49. The molecular weight excluding hydrogens is 356 g/mol. The lowest BCUT2D eigenvalue weighted by Crippen LogP contribution is -2.47. The maximum Gasteiger partial charge on any atom is 0.206 e. The second-order valence-corrected chi connectivity index (χ2v) is 8.78. The van der Waals surface area contributed by atoms with Crippen molar-refractivity contribution in [1.82, 2.24) is 9.55 Å². The second-order valence-electron chi connectivity index (χ2n) is 8.78. The monoisotopic (exact) mass is 388 g/mol. The number of anilines is 2. The van der Waals surface area contributed by atoms with Gasteiger partial charge in [0.15, 0.2) is 0 Å². The van der Waals surface area contributed by atoms with Gasteiger partial charge in [0.1, 0.15) is 0 Å². The predicted molar refractivity (Wildman–Crippen MR) is 122 cm³/mol. The largest absolute Gasteiger partial charge is 0.368 e. The van der Waals surface area contributed by atoms with Gasteiger partial charge in [0.2, 0.25) is 5.95 Å². The van der Waals surface area contributed by atoms with Crippen LogP contribution in [-0.2, 0) is 6.54 Å². The van der Waals surface area contributed by atoms with Gasteiger partial charge >= 0.3 is 0 Å². The van der Waals surface area contributed by atoms with Crippen molar-refractivity contribution >= 4 is 22.7 Å². The van der Waals surface area contributed by atoms with Crippen LogP contribution >= 0.6 is 0 Å². The summed E-state index contributed by atoms with van der Waals surface area (Å²) in [7, 11) is 0. The molecule has 152 valence electrons. The summed E-state index contributed by atoms with van der Waals surface area (Å²) in [4.78, 5) is 10.1. The maximum absolute atomic E-state index is 5.09. The van der Waals surface area contributed by atoms with Gasteiger partial charge in [0.25, 0.3) is 0 Å². The minimum Gasteiger partial charge on any atom is -0.368 e. The highest BCUT2D eigenvalue weighted by Crippen LogP contribution is 2.31. The minimum absolute atomic E-state index is 0.799. The minimum atomic E-state index is 0.799. The fourth-order valence-electron chi connectivity index (χ4n) is 5.18. The summed E-state index contributed by atoms with van der Waals surface area (Å²) < 4.78 is 2.52. The highest BCUT2D eigenvalue weighted by atomic mass is 15.4. The number of nitrogens with zero attached hydrogens (tertiary/aromatic N) is 4. The molecule has 29 heavy (non-hydrogen) atoms. The number of aromatic nitrogens is 2. The quantitative estimate of drug-likeness (QED) is 0.610. The highest BCUT2D eigenvalue weighted by molar-refractivity contribution is 5.79. The van der Waals surface area contributed by atoms with E-state index in [-0.39, 0.29) is 0 Å². The Bertz CT molecular complexity index is 962. The number of hydrogen-bond acceptors (Lipinski definition) is 3. The van der Waals surface area contributed by atoms with E-state index in [9.17, 15) is 0 Å². The Labute approximate surface area is 174 Å². The van der Waals surface area contributed by atoms with E-state index >= 15 is 0 Å². The molecule has 0 spiro atoms. The van der Waals surface area contributed by atoms with Crippen molar-refractivity contribution in [3.63, 3.8) is 0 Å². The first kappa shape index (κ1) is 18.5. The Balaban J connectivity index is 1.39. The number of piperazine rings is 1. The maximum atomic E-state index is 5.09. The SMILES string of the molecule is Cc1ccccc1N1CCN(c2nc3ccccc3n2CC2CCCCC2)CC1. The van der Waals surface area contributed by atoms with Crippen molar-refractivity contribution in [1.29, 1.82) is 0 Å². The molecule has 1 aliphatic heterocycles. The van der Waals surface area contributed by atoms with E-state index in [0.717, 1.165) is 44.2 Å². The molecule has 2 fully saturated rings. The van der Waals surface area contributed by atoms with Crippen LogP contribution in [0.15, 0.2) is 48.5 Å². The van der Waals surface area contributed by atoms with E-state index in [4.69, 9.17) is 4.98 Å². The molecule has 0 bridgehead atoms. The zero-order valence-electron chi connectivity index (χ0n) is 17.6. The lowest BCUT2D eigenvalue weighted by molar-refractivity contribution is 0.322. The molecule has 0 amide bonds. The lowest BCUT2D eigenvalue weighted by atomic mass is 9.89. The van der Waals surface area contributed by atoms with Crippen LogP contribution in [0, 0.1) is 12.8 Å². The van der Waals surface area contributed by atoms with E-state index in [1.165, 1.54) is 54.8 Å². The standard InChI is InChI=1S/C25H32N4/c1-20-9-5-7-13-23(20)27-15-17-28(18-16-27)25-26-22-12-6-8-14-24(22)29(25)19-21-10-3-2-4-11-21/h5-9,12-14,21H,2-4,10-11,15-19H2,1H3. The molecule has 4 heteroatoms. The molecule has 1 saturated heterocycles. The normalized spacial score (nSPS) is 18.5. The third-order valence-electron chi connectivity index (χ3n) is 6.82. The van der Waals surface area contributed by atoms with Crippen LogP contribution in [0.4, 0.5) is 11.6 Å². The van der Waals surface area contributed by atoms with E-state index in [0.29, 0.717) is 0 Å². The van der Waals surface area contributed by atoms with Crippen LogP contribution in [0.3, 0.4) is 0 Å². The average Bonchev–Trinajstić information content (AvgIpc) is 3.13. The molecule has 2 aliphatic rings. The van der Waals surface area contributed by atoms with Gasteiger partial charge in [-0.25, -0.2) is 4.98 Å². The summed E-state index contributed by atoms with van der Waals surface area (Å²) in [6.07, 6.45) is 6.93. The molecule has 3 aromatic rings. The van der Waals surface area contributed by atoms with Crippen LogP contribution in [0.25, 0.3) is 11.0 Å². The number of imidazole rings is 1. The molecule has 0 unspecified atom stereocenters. The van der Waals surface area contributed by atoms with Gasteiger partial charge < -0.3 is 14.4 Å². The van der Waals surface area contributed by atoms with Crippen LogP contribution < -0.4 is 9.80 Å². The molecule has 0 radical (unpaired) electrons. The lowest BCUT2D eigenvalue weighted by Gasteiger charge is -2.37. The summed E-state index contributed by atoms with van der Waals surface area (Å²) in [6.45, 7) is 7.50. The van der Waals surface area contributed by atoms with Crippen molar-refractivity contribution < 1.29 is 0 Å². The number of hydrogen-bond donors (Lipinski definition) is 0. The third kappa shape index (κ3) is 3.73. The molecule has 0 atom stereocenters. The smallest absolute Gasteiger partial charge is 0.206 e. The predicted octanol–water partition coefficient (Wildman–Crippen LogP) is 5.25. The third-order valence-corrected chi connectivity index (χ3v) is 6.82. The van der Waals surface area contributed by atoms with E-state index in [2.05, 4.69) is 69.8 Å². The molecular formula is C25H32N4. The molecule has 2 aromatic carbocycles. The molecule has 4 nitrogen and oxygen atoms in total. The van der Waals surface area contributed by atoms with Crippen LogP contribution in [0.1, 0.15) is 37.7 Å². The summed E-state index contributed by atoms with van der Waals surface area (Å²) >= 11 is 0.